The highest BCUT2D eigenvalue weighted by Crippen LogP contribution is 2.33. The number of fused-ring (bicyclic) bond motifs is 1. The summed E-state index contributed by atoms with van der Waals surface area (Å²) in [5.41, 5.74) is -0.359. The zero-order valence-corrected chi connectivity index (χ0v) is 19.0. The second-order valence-corrected chi connectivity index (χ2v) is 9.86. The number of hydrogen-bond acceptors (Lipinski definition) is 5. The standard InChI is InChI=1S/C23H24F3N3O4S/c24-23(25,26)20-15-22(30)28-21-6-3-17(14-19(20)21)13-16-1-4-18(5-2-16)34(31,32)27-7-8-29-9-11-33-12-10-29/h1-6,14-15,27H,7-13H2,(H,28,30). The molecule has 4 rings (SSSR count). The van der Waals surface area contributed by atoms with Gasteiger partial charge in [0.2, 0.25) is 15.6 Å². The number of rotatable bonds is 7. The number of ether oxygens (including phenoxy) is 1. The van der Waals surface area contributed by atoms with Crippen molar-refractivity contribution < 1.29 is 26.3 Å². The summed E-state index contributed by atoms with van der Waals surface area (Å²) in [6.45, 7) is 3.69. The Morgan fingerprint density at radius 1 is 1.00 bits per heavy atom. The molecule has 1 saturated heterocycles. The molecule has 0 saturated carbocycles. The smallest absolute Gasteiger partial charge is 0.379 e. The number of hydrogen-bond donors (Lipinski definition) is 2. The fourth-order valence-electron chi connectivity index (χ4n) is 3.91. The molecule has 1 fully saturated rings. The lowest BCUT2D eigenvalue weighted by Gasteiger charge is -2.26. The molecule has 0 radical (unpaired) electrons. The summed E-state index contributed by atoms with van der Waals surface area (Å²) in [6, 6.07) is 11.3. The van der Waals surface area contributed by atoms with Crippen LogP contribution in [0.4, 0.5) is 13.2 Å². The molecule has 34 heavy (non-hydrogen) atoms. The van der Waals surface area contributed by atoms with E-state index in [1.165, 1.54) is 24.3 Å². The van der Waals surface area contributed by atoms with Gasteiger partial charge < -0.3 is 9.72 Å². The van der Waals surface area contributed by atoms with Crippen LogP contribution in [0.1, 0.15) is 16.7 Å². The van der Waals surface area contributed by atoms with E-state index in [0.717, 1.165) is 18.7 Å². The van der Waals surface area contributed by atoms with Gasteiger partial charge in [0.1, 0.15) is 0 Å². The minimum Gasteiger partial charge on any atom is -0.379 e. The maximum Gasteiger partial charge on any atom is 0.417 e. The fourth-order valence-corrected chi connectivity index (χ4v) is 4.93. The van der Waals surface area contributed by atoms with Crippen LogP contribution in [0.2, 0.25) is 0 Å². The van der Waals surface area contributed by atoms with Crippen LogP contribution in [0, 0.1) is 0 Å². The Hall–Kier alpha value is -2.73. The monoisotopic (exact) mass is 495 g/mol. The van der Waals surface area contributed by atoms with Crippen LogP contribution in [0.15, 0.2) is 58.2 Å². The summed E-state index contributed by atoms with van der Waals surface area (Å²) in [4.78, 5) is 16.2. The van der Waals surface area contributed by atoms with E-state index in [0.29, 0.717) is 37.8 Å². The average Bonchev–Trinajstić information content (AvgIpc) is 2.79. The third-order valence-corrected chi connectivity index (χ3v) is 7.16. The van der Waals surface area contributed by atoms with Crippen LogP contribution in [0.25, 0.3) is 10.9 Å². The fraction of sp³-hybridized carbons (Fsp3) is 0.348. The Labute approximate surface area is 194 Å². The van der Waals surface area contributed by atoms with E-state index in [2.05, 4.69) is 14.6 Å². The molecule has 0 bridgehead atoms. The molecule has 0 spiro atoms. The Bertz CT molecular complexity index is 1320. The van der Waals surface area contributed by atoms with Gasteiger partial charge in [0.05, 0.1) is 23.7 Å². The molecule has 2 N–H and O–H groups in total. The normalized spacial score (nSPS) is 15.6. The molecule has 182 valence electrons. The van der Waals surface area contributed by atoms with E-state index in [9.17, 15) is 26.4 Å². The Morgan fingerprint density at radius 2 is 1.68 bits per heavy atom. The van der Waals surface area contributed by atoms with E-state index in [4.69, 9.17) is 4.74 Å². The van der Waals surface area contributed by atoms with Gasteiger partial charge in [-0.25, -0.2) is 13.1 Å². The number of benzene rings is 2. The molecular weight excluding hydrogens is 471 g/mol. The first-order chi connectivity index (χ1) is 16.1. The number of aromatic amines is 1. The average molecular weight is 496 g/mol. The number of pyridine rings is 1. The van der Waals surface area contributed by atoms with Crippen molar-refractivity contribution in [3.05, 3.63) is 75.6 Å². The molecule has 0 unspecified atom stereocenters. The predicted molar refractivity (Wildman–Crippen MR) is 121 cm³/mol. The summed E-state index contributed by atoms with van der Waals surface area (Å²) < 4.78 is 73.1. The quantitative estimate of drug-likeness (QED) is 0.526. The highest BCUT2D eigenvalue weighted by Gasteiger charge is 2.33. The van der Waals surface area contributed by atoms with Crippen LogP contribution in [-0.4, -0.2) is 57.7 Å². The van der Waals surface area contributed by atoms with Crippen LogP contribution in [-0.2, 0) is 27.4 Å². The van der Waals surface area contributed by atoms with Crippen molar-refractivity contribution >= 4 is 20.9 Å². The van der Waals surface area contributed by atoms with Crippen molar-refractivity contribution in [2.75, 3.05) is 39.4 Å². The van der Waals surface area contributed by atoms with Gasteiger partial charge in [-0.05, 0) is 41.8 Å². The number of halogens is 3. The van der Waals surface area contributed by atoms with Gasteiger partial charge in [-0.15, -0.1) is 0 Å². The van der Waals surface area contributed by atoms with Gasteiger partial charge in [0, 0.05) is 43.1 Å². The van der Waals surface area contributed by atoms with Gasteiger partial charge in [0.25, 0.3) is 0 Å². The molecule has 1 aliphatic heterocycles. The zero-order chi connectivity index (χ0) is 24.3. The predicted octanol–water partition coefficient (Wildman–Crippen LogP) is 2.75. The SMILES string of the molecule is O=c1cc(C(F)(F)F)c2cc(Cc3ccc(S(=O)(=O)NCCN4CCOCC4)cc3)ccc2[nH]1. The number of H-pyrrole nitrogens is 1. The van der Waals surface area contributed by atoms with Crippen molar-refractivity contribution in [3.8, 4) is 0 Å². The van der Waals surface area contributed by atoms with Gasteiger partial charge in [-0.3, -0.25) is 9.69 Å². The number of nitrogens with zero attached hydrogens (tertiary/aromatic N) is 1. The second-order valence-electron chi connectivity index (χ2n) is 8.10. The Morgan fingerprint density at radius 3 is 2.35 bits per heavy atom. The zero-order valence-electron chi connectivity index (χ0n) is 18.2. The molecule has 0 aliphatic carbocycles. The van der Waals surface area contributed by atoms with Crippen LogP contribution in [0.3, 0.4) is 0 Å². The van der Waals surface area contributed by atoms with Gasteiger partial charge in [-0.2, -0.15) is 13.2 Å². The molecule has 1 aliphatic rings. The molecule has 7 nitrogen and oxygen atoms in total. The molecular formula is C23H24F3N3O4S. The maximum absolute atomic E-state index is 13.4. The third kappa shape index (κ3) is 5.84. The van der Waals surface area contributed by atoms with Crippen LogP contribution < -0.4 is 10.3 Å². The second kappa shape index (κ2) is 9.87. The first kappa shape index (κ1) is 24.4. The lowest BCUT2D eigenvalue weighted by atomic mass is 10.0. The summed E-state index contributed by atoms with van der Waals surface area (Å²) >= 11 is 0. The van der Waals surface area contributed by atoms with Crippen molar-refractivity contribution in [1.82, 2.24) is 14.6 Å². The topological polar surface area (TPSA) is 91.5 Å². The molecule has 11 heteroatoms. The molecule has 1 aromatic heterocycles. The summed E-state index contributed by atoms with van der Waals surface area (Å²) in [5, 5.41) is -0.0896. The van der Waals surface area contributed by atoms with Gasteiger partial charge in [0.15, 0.2) is 0 Å². The molecule has 0 amide bonds. The van der Waals surface area contributed by atoms with Crippen molar-refractivity contribution in [2.45, 2.75) is 17.5 Å². The number of aromatic nitrogens is 1. The largest absolute Gasteiger partial charge is 0.417 e. The maximum atomic E-state index is 13.4. The molecule has 2 heterocycles. The molecule has 3 aromatic rings. The third-order valence-electron chi connectivity index (χ3n) is 5.68. The van der Waals surface area contributed by atoms with E-state index < -0.39 is 27.3 Å². The summed E-state index contributed by atoms with van der Waals surface area (Å²) in [6.07, 6.45) is -4.35. The lowest BCUT2D eigenvalue weighted by Crippen LogP contribution is -2.41. The number of sulfonamides is 1. The van der Waals surface area contributed by atoms with Crippen molar-refractivity contribution in [1.29, 1.82) is 0 Å². The molecule has 0 atom stereocenters. The minimum absolute atomic E-state index is 0.0896. The van der Waals surface area contributed by atoms with E-state index in [1.807, 2.05) is 0 Å². The van der Waals surface area contributed by atoms with Crippen molar-refractivity contribution in [2.24, 2.45) is 0 Å². The van der Waals surface area contributed by atoms with Crippen molar-refractivity contribution in [3.63, 3.8) is 0 Å². The van der Waals surface area contributed by atoms with Crippen LogP contribution in [0.5, 0.6) is 0 Å². The lowest BCUT2D eigenvalue weighted by molar-refractivity contribution is -0.136. The molecule has 2 aromatic carbocycles. The van der Waals surface area contributed by atoms with E-state index in [1.54, 1.807) is 18.2 Å². The van der Waals surface area contributed by atoms with Gasteiger partial charge >= 0.3 is 6.18 Å². The highest BCUT2D eigenvalue weighted by molar-refractivity contribution is 7.89. The first-order valence-corrected chi connectivity index (χ1v) is 12.2. The number of morpholine rings is 1. The summed E-state index contributed by atoms with van der Waals surface area (Å²) in [5.74, 6) is 0. The Kier molecular flexibility index (Phi) is 7.08. The van der Waals surface area contributed by atoms with Crippen LogP contribution >= 0.6 is 0 Å². The highest BCUT2D eigenvalue weighted by atomic mass is 32.2. The Balaban J connectivity index is 1.46. The first-order valence-electron chi connectivity index (χ1n) is 10.7. The van der Waals surface area contributed by atoms with E-state index in [-0.39, 0.29) is 22.3 Å². The summed E-state index contributed by atoms with van der Waals surface area (Å²) in [7, 11) is -3.67. The minimum atomic E-state index is -4.66. The van der Waals surface area contributed by atoms with E-state index >= 15 is 0 Å². The number of nitrogens with one attached hydrogen (secondary N) is 2. The van der Waals surface area contributed by atoms with Gasteiger partial charge in [-0.1, -0.05) is 18.2 Å². The number of alkyl halides is 3.